The Morgan fingerprint density at radius 3 is 1.90 bits per heavy atom. The minimum atomic E-state index is -3.61. The molecule has 0 saturated heterocycles. The molecule has 0 aliphatic carbocycles. The van der Waals surface area contributed by atoms with Crippen molar-refractivity contribution >= 4 is 25.5 Å². The van der Waals surface area contributed by atoms with Crippen molar-refractivity contribution in [2.75, 3.05) is 12.0 Å². The van der Waals surface area contributed by atoms with Gasteiger partial charge in [-0.25, -0.2) is 31.9 Å². The standard InChI is InChI=1S/C6H8N2O2S.C5H6N2O2S/c1-11(9,10)6-4-5(7)2-3-8-6;6-10(8,9)5-3-1-2-4-7-5/h2-4H,1H3,(H2,7,8);1-4H,(H2,6,8,9). The van der Waals surface area contributed by atoms with Crippen molar-refractivity contribution in [3.63, 3.8) is 0 Å². The van der Waals surface area contributed by atoms with E-state index in [9.17, 15) is 16.8 Å². The van der Waals surface area contributed by atoms with Crippen LogP contribution in [-0.4, -0.2) is 33.1 Å². The Hall–Kier alpha value is -2.04. The Labute approximate surface area is 122 Å². The van der Waals surface area contributed by atoms with Crippen molar-refractivity contribution < 1.29 is 16.8 Å². The minimum Gasteiger partial charge on any atom is -0.399 e. The fraction of sp³-hybridized carbons (Fsp3) is 0.0909. The molecule has 8 nitrogen and oxygen atoms in total. The van der Waals surface area contributed by atoms with E-state index in [2.05, 4.69) is 9.97 Å². The molecule has 2 heterocycles. The molecule has 114 valence electrons. The first-order valence-electron chi connectivity index (χ1n) is 5.46. The molecule has 0 spiro atoms. The van der Waals surface area contributed by atoms with Crippen LogP contribution >= 0.6 is 0 Å². The molecular weight excluding hydrogens is 316 g/mol. The van der Waals surface area contributed by atoms with Gasteiger partial charge in [-0.2, -0.15) is 0 Å². The van der Waals surface area contributed by atoms with E-state index in [-0.39, 0.29) is 10.1 Å². The number of aromatic nitrogens is 2. The predicted octanol–water partition coefficient (Wildman–Crippen LogP) is -0.204. The van der Waals surface area contributed by atoms with Crippen LogP contribution in [0.2, 0.25) is 0 Å². The van der Waals surface area contributed by atoms with E-state index < -0.39 is 19.9 Å². The van der Waals surface area contributed by atoms with Gasteiger partial charge in [0.05, 0.1) is 0 Å². The number of hydrogen-bond acceptors (Lipinski definition) is 7. The van der Waals surface area contributed by atoms with E-state index >= 15 is 0 Å². The molecule has 0 amide bonds. The highest BCUT2D eigenvalue weighted by Gasteiger charge is 2.07. The van der Waals surface area contributed by atoms with Gasteiger partial charge in [-0.15, -0.1) is 0 Å². The van der Waals surface area contributed by atoms with Crippen LogP contribution in [0.25, 0.3) is 0 Å². The fourth-order valence-electron chi connectivity index (χ4n) is 1.14. The van der Waals surface area contributed by atoms with Gasteiger partial charge in [0.25, 0.3) is 10.0 Å². The van der Waals surface area contributed by atoms with Gasteiger partial charge in [0.2, 0.25) is 0 Å². The maximum absolute atomic E-state index is 10.9. The Morgan fingerprint density at radius 1 is 0.952 bits per heavy atom. The average Bonchev–Trinajstić information content (AvgIpc) is 2.38. The third-order valence-electron chi connectivity index (χ3n) is 2.07. The second kappa shape index (κ2) is 6.61. The molecule has 4 N–H and O–H groups in total. The largest absolute Gasteiger partial charge is 0.399 e. The van der Waals surface area contributed by atoms with Crippen LogP contribution < -0.4 is 10.9 Å². The molecule has 21 heavy (non-hydrogen) atoms. The average molecular weight is 330 g/mol. The molecule has 0 saturated carbocycles. The van der Waals surface area contributed by atoms with E-state index in [0.717, 1.165) is 6.26 Å². The molecule has 2 rings (SSSR count). The number of nitrogens with two attached hydrogens (primary N) is 2. The summed E-state index contributed by atoms with van der Waals surface area (Å²) in [4.78, 5) is 7.18. The van der Waals surface area contributed by atoms with E-state index in [1.807, 2.05) is 0 Å². The molecule has 0 aliphatic rings. The first-order valence-corrected chi connectivity index (χ1v) is 8.90. The van der Waals surface area contributed by atoms with Crippen molar-refractivity contribution in [1.82, 2.24) is 9.97 Å². The van der Waals surface area contributed by atoms with Crippen molar-refractivity contribution in [2.24, 2.45) is 5.14 Å². The molecule has 2 aromatic rings. The van der Waals surface area contributed by atoms with Crippen LogP contribution in [0.15, 0.2) is 52.8 Å². The molecule has 2 aromatic heterocycles. The summed E-state index contributed by atoms with van der Waals surface area (Å²) in [6, 6.07) is 7.39. The number of pyridine rings is 2. The maximum atomic E-state index is 10.9. The van der Waals surface area contributed by atoms with Crippen LogP contribution in [0.4, 0.5) is 5.69 Å². The lowest BCUT2D eigenvalue weighted by Gasteiger charge is -1.96. The minimum absolute atomic E-state index is 0.0116. The van der Waals surface area contributed by atoms with Crippen LogP contribution in [0.3, 0.4) is 0 Å². The summed E-state index contributed by atoms with van der Waals surface area (Å²) < 4.78 is 42.8. The smallest absolute Gasteiger partial charge is 0.255 e. The fourth-order valence-corrected chi connectivity index (χ4v) is 2.22. The number of hydrogen-bond donors (Lipinski definition) is 2. The van der Waals surface area contributed by atoms with E-state index in [4.69, 9.17) is 10.9 Å². The Balaban J connectivity index is 0.000000211. The Bertz CT molecular complexity index is 805. The van der Waals surface area contributed by atoms with Crippen molar-refractivity contribution in [1.29, 1.82) is 0 Å². The summed E-state index contributed by atoms with van der Waals surface area (Å²) in [5, 5.41) is 4.68. The van der Waals surface area contributed by atoms with Crippen molar-refractivity contribution in [3.05, 3.63) is 42.7 Å². The number of nitrogen functional groups attached to an aromatic ring is 1. The molecule has 10 heteroatoms. The molecule has 0 atom stereocenters. The maximum Gasteiger partial charge on any atom is 0.255 e. The normalized spacial score (nSPS) is 11.3. The second-order valence-corrected chi connectivity index (χ2v) is 7.38. The number of primary sulfonamides is 1. The first-order chi connectivity index (χ1) is 9.60. The topological polar surface area (TPSA) is 146 Å². The summed E-state index contributed by atoms with van der Waals surface area (Å²) in [6.45, 7) is 0. The molecule has 0 aliphatic heterocycles. The SMILES string of the molecule is CS(=O)(=O)c1cc(N)ccn1.NS(=O)(=O)c1ccccn1. The number of rotatable bonds is 2. The zero-order chi connectivity index (χ0) is 16.1. The van der Waals surface area contributed by atoms with Crippen molar-refractivity contribution in [3.8, 4) is 0 Å². The zero-order valence-corrected chi connectivity index (χ0v) is 12.7. The summed E-state index contributed by atoms with van der Waals surface area (Å²) in [5.41, 5.74) is 5.75. The highest BCUT2D eigenvalue weighted by atomic mass is 32.2. The number of sulfone groups is 1. The van der Waals surface area contributed by atoms with Crippen molar-refractivity contribution in [2.45, 2.75) is 10.1 Å². The molecule has 0 aromatic carbocycles. The third kappa shape index (κ3) is 5.85. The number of sulfonamides is 1. The van der Waals surface area contributed by atoms with E-state index in [1.165, 1.54) is 30.6 Å². The quantitative estimate of drug-likeness (QED) is 0.774. The molecule has 0 fully saturated rings. The van der Waals surface area contributed by atoms with E-state index in [0.29, 0.717) is 5.69 Å². The Kier molecular flexibility index (Phi) is 5.35. The van der Waals surface area contributed by atoms with E-state index in [1.54, 1.807) is 12.1 Å². The van der Waals surface area contributed by atoms with Crippen LogP contribution in [0, 0.1) is 0 Å². The van der Waals surface area contributed by atoms with Gasteiger partial charge >= 0.3 is 0 Å². The Morgan fingerprint density at radius 2 is 1.57 bits per heavy atom. The van der Waals surface area contributed by atoms with Gasteiger partial charge in [-0.3, -0.25) is 0 Å². The van der Waals surface area contributed by atoms with Gasteiger partial charge < -0.3 is 5.73 Å². The highest BCUT2D eigenvalue weighted by molar-refractivity contribution is 7.90. The summed E-state index contributed by atoms with van der Waals surface area (Å²) in [5.74, 6) is 0. The third-order valence-corrected chi connectivity index (χ3v) is 3.88. The highest BCUT2D eigenvalue weighted by Crippen LogP contribution is 2.08. The summed E-state index contributed by atoms with van der Waals surface area (Å²) >= 11 is 0. The van der Waals surface area contributed by atoms with Gasteiger partial charge in [0.15, 0.2) is 19.9 Å². The predicted molar refractivity (Wildman–Crippen MR) is 77.4 cm³/mol. The van der Waals surface area contributed by atoms with Crippen LogP contribution in [0.5, 0.6) is 0 Å². The molecule has 0 bridgehead atoms. The van der Waals surface area contributed by atoms with Gasteiger partial charge in [0, 0.05) is 24.3 Å². The summed E-state index contributed by atoms with van der Waals surface area (Å²) in [6.07, 6.45) is 3.83. The van der Waals surface area contributed by atoms with Crippen LogP contribution in [-0.2, 0) is 19.9 Å². The zero-order valence-electron chi connectivity index (χ0n) is 11.0. The van der Waals surface area contributed by atoms with Gasteiger partial charge in [-0.1, -0.05) is 6.07 Å². The lowest BCUT2D eigenvalue weighted by Crippen LogP contribution is -2.13. The number of anilines is 1. The monoisotopic (exact) mass is 330 g/mol. The van der Waals surface area contributed by atoms with Crippen LogP contribution in [0.1, 0.15) is 0 Å². The number of nitrogens with zero attached hydrogens (tertiary/aromatic N) is 2. The molecule has 0 unspecified atom stereocenters. The molecule has 0 radical (unpaired) electrons. The molecular formula is C11H14N4O4S2. The second-order valence-electron chi connectivity index (χ2n) is 3.91. The lowest BCUT2D eigenvalue weighted by molar-refractivity contribution is 0.593. The van der Waals surface area contributed by atoms with Gasteiger partial charge in [0.1, 0.15) is 0 Å². The lowest BCUT2D eigenvalue weighted by atomic mass is 10.4. The summed E-state index contributed by atoms with van der Waals surface area (Å²) in [7, 11) is -6.83. The van der Waals surface area contributed by atoms with Gasteiger partial charge in [-0.05, 0) is 24.3 Å². The first kappa shape index (κ1) is 17.0.